The van der Waals surface area contributed by atoms with Crippen LogP contribution in [-0.4, -0.2) is 12.2 Å². The van der Waals surface area contributed by atoms with Crippen LogP contribution in [0.2, 0.25) is 5.02 Å². The van der Waals surface area contributed by atoms with Gasteiger partial charge in [-0.2, -0.15) is 0 Å². The van der Waals surface area contributed by atoms with Crippen molar-refractivity contribution in [3.63, 3.8) is 0 Å². The highest BCUT2D eigenvalue weighted by molar-refractivity contribution is 9.10. The topological polar surface area (TPSA) is 42.6 Å². The van der Waals surface area contributed by atoms with E-state index in [1.54, 1.807) is 31.6 Å². The van der Waals surface area contributed by atoms with Gasteiger partial charge in [0.2, 0.25) is 0 Å². The SMILES string of the molecule is CCc1occc1C(O)c1cc(Cl)cc(Br)c1OC. The second-order valence-electron chi connectivity index (χ2n) is 4.07. The third-order valence-corrected chi connectivity index (χ3v) is 3.74. The number of furan rings is 1. The molecule has 1 aromatic carbocycles. The van der Waals surface area contributed by atoms with E-state index in [0.29, 0.717) is 27.2 Å². The van der Waals surface area contributed by atoms with Crippen molar-refractivity contribution in [2.45, 2.75) is 19.4 Å². The molecule has 2 rings (SSSR count). The molecule has 1 aromatic heterocycles. The molecular weight excluding hydrogens is 332 g/mol. The fourth-order valence-electron chi connectivity index (χ4n) is 2.05. The molecule has 3 nitrogen and oxygen atoms in total. The van der Waals surface area contributed by atoms with Crippen LogP contribution in [0, 0.1) is 0 Å². The summed E-state index contributed by atoms with van der Waals surface area (Å²) in [6, 6.07) is 5.19. The summed E-state index contributed by atoms with van der Waals surface area (Å²) >= 11 is 9.42. The zero-order valence-corrected chi connectivity index (χ0v) is 13.0. The molecule has 19 heavy (non-hydrogen) atoms. The summed E-state index contributed by atoms with van der Waals surface area (Å²) in [6.45, 7) is 1.97. The van der Waals surface area contributed by atoms with E-state index in [1.807, 2.05) is 6.92 Å². The van der Waals surface area contributed by atoms with Gasteiger partial charge in [-0.15, -0.1) is 0 Å². The molecule has 0 aliphatic heterocycles. The van der Waals surface area contributed by atoms with Gasteiger partial charge in [-0.25, -0.2) is 0 Å². The van der Waals surface area contributed by atoms with Gasteiger partial charge < -0.3 is 14.3 Å². The molecule has 0 fully saturated rings. The molecule has 0 bridgehead atoms. The maximum absolute atomic E-state index is 10.5. The van der Waals surface area contributed by atoms with E-state index in [1.165, 1.54) is 0 Å². The number of aliphatic hydroxyl groups excluding tert-OH is 1. The molecule has 1 atom stereocenters. The molecule has 0 aliphatic rings. The normalized spacial score (nSPS) is 12.5. The Kier molecular flexibility index (Phi) is 4.55. The first-order valence-corrected chi connectivity index (χ1v) is 7.02. The monoisotopic (exact) mass is 344 g/mol. The third-order valence-electron chi connectivity index (χ3n) is 2.93. The number of ether oxygens (including phenoxy) is 1. The molecule has 0 saturated heterocycles. The summed E-state index contributed by atoms with van der Waals surface area (Å²) in [5.41, 5.74) is 1.34. The van der Waals surface area contributed by atoms with Crippen molar-refractivity contribution in [2.24, 2.45) is 0 Å². The fraction of sp³-hybridized carbons (Fsp3) is 0.286. The first-order valence-electron chi connectivity index (χ1n) is 5.85. The minimum absolute atomic E-state index is 0.531. The van der Waals surface area contributed by atoms with Crippen LogP contribution in [-0.2, 0) is 6.42 Å². The molecular formula is C14H14BrClO3. The first-order chi connectivity index (χ1) is 9.08. The van der Waals surface area contributed by atoms with Crippen LogP contribution in [0.15, 0.2) is 33.4 Å². The van der Waals surface area contributed by atoms with Crippen molar-refractivity contribution >= 4 is 27.5 Å². The molecule has 0 aliphatic carbocycles. The van der Waals surface area contributed by atoms with Gasteiger partial charge in [0, 0.05) is 22.6 Å². The van der Waals surface area contributed by atoms with E-state index >= 15 is 0 Å². The van der Waals surface area contributed by atoms with Gasteiger partial charge >= 0.3 is 0 Å². The molecule has 0 spiro atoms. The lowest BCUT2D eigenvalue weighted by molar-refractivity contribution is 0.211. The number of benzene rings is 1. The highest BCUT2D eigenvalue weighted by Crippen LogP contribution is 2.39. The Bertz CT molecular complexity index is 580. The summed E-state index contributed by atoms with van der Waals surface area (Å²) in [5.74, 6) is 1.32. The van der Waals surface area contributed by atoms with Crippen LogP contribution in [0.25, 0.3) is 0 Å². The first kappa shape index (κ1) is 14.4. The minimum atomic E-state index is -0.835. The average Bonchev–Trinajstić information content (AvgIpc) is 2.85. The number of aliphatic hydroxyl groups is 1. The number of aryl methyl sites for hydroxylation is 1. The summed E-state index contributed by atoms with van der Waals surface area (Å²) in [7, 11) is 1.56. The highest BCUT2D eigenvalue weighted by Gasteiger charge is 2.22. The van der Waals surface area contributed by atoms with Crippen molar-refractivity contribution in [1.29, 1.82) is 0 Å². The zero-order chi connectivity index (χ0) is 14.0. The van der Waals surface area contributed by atoms with E-state index in [4.69, 9.17) is 20.8 Å². The maximum atomic E-state index is 10.5. The van der Waals surface area contributed by atoms with Crippen molar-refractivity contribution in [3.8, 4) is 5.75 Å². The second kappa shape index (κ2) is 5.99. The van der Waals surface area contributed by atoms with Gasteiger partial charge in [0.1, 0.15) is 17.6 Å². The van der Waals surface area contributed by atoms with Crippen LogP contribution >= 0.6 is 27.5 Å². The Balaban J connectivity index is 2.52. The van der Waals surface area contributed by atoms with Crippen LogP contribution < -0.4 is 4.74 Å². The van der Waals surface area contributed by atoms with Crippen molar-refractivity contribution in [3.05, 3.63) is 50.8 Å². The number of rotatable bonds is 4. The van der Waals surface area contributed by atoms with Gasteiger partial charge in [0.25, 0.3) is 0 Å². The van der Waals surface area contributed by atoms with Crippen LogP contribution in [0.4, 0.5) is 0 Å². The summed E-state index contributed by atoms with van der Waals surface area (Å²) in [5, 5.41) is 11.1. The number of hydrogen-bond acceptors (Lipinski definition) is 3. The predicted molar refractivity (Wildman–Crippen MR) is 77.9 cm³/mol. The van der Waals surface area contributed by atoms with Gasteiger partial charge in [-0.1, -0.05) is 18.5 Å². The lowest BCUT2D eigenvalue weighted by atomic mass is 10.0. The molecule has 5 heteroatoms. The Morgan fingerprint density at radius 3 is 2.79 bits per heavy atom. The Labute approximate surface area is 125 Å². The molecule has 102 valence electrons. The fourth-order valence-corrected chi connectivity index (χ4v) is 3.04. The van der Waals surface area contributed by atoms with E-state index < -0.39 is 6.10 Å². The molecule has 1 heterocycles. The Morgan fingerprint density at radius 1 is 1.42 bits per heavy atom. The van der Waals surface area contributed by atoms with Gasteiger partial charge in [-0.05, 0) is 34.1 Å². The number of hydrogen-bond donors (Lipinski definition) is 1. The molecule has 1 unspecified atom stereocenters. The standard InChI is InChI=1S/C14H14BrClO3/c1-3-12-9(4-5-19-12)13(17)10-6-8(16)7-11(15)14(10)18-2/h4-7,13,17H,3H2,1-2H3. The van der Waals surface area contributed by atoms with Crippen molar-refractivity contribution < 1.29 is 14.3 Å². The van der Waals surface area contributed by atoms with E-state index in [0.717, 1.165) is 11.3 Å². The lowest BCUT2D eigenvalue weighted by Gasteiger charge is -2.16. The third kappa shape index (κ3) is 2.81. The molecule has 1 N–H and O–H groups in total. The lowest BCUT2D eigenvalue weighted by Crippen LogP contribution is -2.04. The van der Waals surface area contributed by atoms with Crippen LogP contribution in [0.5, 0.6) is 5.75 Å². The van der Waals surface area contributed by atoms with Gasteiger partial charge in [0.05, 0.1) is 17.8 Å². The van der Waals surface area contributed by atoms with Gasteiger partial charge in [0.15, 0.2) is 0 Å². The smallest absolute Gasteiger partial charge is 0.139 e. The summed E-state index contributed by atoms with van der Waals surface area (Å²) in [6.07, 6.45) is 1.45. The maximum Gasteiger partial charge on any atom is 0.139 e. The van der Waals surface area contributed by atoms with E-state index in [-0.39, 0.29) is 0 Å². The van der Waals surface area contributed by atoms with E-state index in [9.17, 15) is 5.11 Å². The highest BCUT2D eigenvalue weighted by atomic mass is 79.9. The van der Waals surface area contributed by atoms with Gasteiger partial charge in [-0.3, -0.25) is 0 Å². The zero-order valence-electron chi connectivity index (χ0n) is 10.6. The molecule has 0 amide bonds. The molecule has 0 radical (unpaired) electrons. The summed E-state index contributed by atoms with van der Waals surface area (Å²) in [4.78, 5) is 0. The van der Waals surface area contributed by atoms with Crippen molar-refractivity contribution in [1.82, 2.24) is 0 Å². The second-order valence-corrected chi connectivity index (χ2v) is 5.36. The van der Waals surface area contributed by atoms with E-state index in [2.05, 4.69) is 15.9 Å². The molecule has 0 saturated carbocycles. The van der Waals surface area contributed by atoms with Crippen LogP contribution in [0.1, 0.15) is 29.9 Å². The summed E-state index contributed by atoms with van der Waals surface area (Å²) < 4.78 is 11.4. The predicted octanol–water partition coefficient (Wildman–Crippen LogP) is 4.35. The van der Waals surface area contributed by atoms with Crippen molar-refractivity contribution in [2.75, 3.05) is 7.11 Å². The minimum Gasteiger partial charge on any atom is -0.495 e. The quantitative estimate of drug-likeness (QED) is 0.896. The average molecular weight is 346 g/mol. The Morgan fingerprint density at radius 2 is 2.16 bits per heavy atom. The molecule has 2 aromatic rings. The Hall–Kier alpha value is -0.970. The van der Waals surface area contributed by atoms with Crippen LogP contribution in [0.3, 0.4) is 0 Å². The largest absolute Gasteiger partial charge is 0.495 e. The number of halogens is 2. The number of methoxy groups -OCH3 is 1.